The van der Waals surface area contributed by atoms with Gasteiger partial charge < -0.3 is 15.4 Å². The molecule has 152 valence electrons. The van der Waals surface area contributed by atoms with Gasteiger partial charge in [-0.15, -0.1) is 0 Å². The largest absolute Gasteiger partial charge is 0.493 e. The number of anilines is 1. The van der Waals surface area contributed by atoms with Gasteiger partial charge in [0.2, 0.25) is 11.8 Å². The van der Waals surface area contributed by atoms with Crippen molar-refractivity contribution < 1.29 is 5.11 Å². The number of nitrogens with zero attached hydrogens (tertiary/aromatic N) is 6. The number of imidazole rings is 1. The fourth-order valence-electron chi connectivity index (χ4n) is 3.07. The highest BCUT2D eigenvalue weighted by Crippen LogP contribution is 2.22. The molecule has 0 aliphatic heterocycles. The Hall–Kier alpha value is -4.02. The minimum atomic E-state index is -0.497. The van der Waals surface area contributed by atoms with Crippen LogP contribution >= 0.6 is 0 Å². The topological polar surface area (TPSA) is 149 Å². The van der Waals surface area contributed by atoms with Crippen LogP contribution in [0.1, 0.15) is 37.1 Å². The minimum absolute atomic E-state index is 0.0513. The average Bonchev–Trinajstić information content (AvgIpc) is 3.37. The molecular weight excluding hydrogens is 386 g/mol. The van der Waals surface area contributed by atoms with Gasteiger partial charge in [-0.25, -0.2) is 9.79 Å². The molecule has 0 spiro atoms. The summed E-state index contributed by atoms with van der Waals surface area (Å²) in [5.41, 5.74) is 1.76. The summed E-state index contributed by atoms with van der Waals surface area (Å²) in [5.74, 6) is 0.161. The molecule has 11 heteroatoms. The lowest BCUT2D eigenvalue weighted by atomic mass is 10.1. The number of H-pyrrole nitrogens is 2. The third-order valence-corrected chi connectivity index (χ3v) is 4.81. The highest BCUT2D eigenvalue weighted by Gasteiger charge is 2.21. The molecule has 4 heterocycles. The first-order chi connectivity index (χ1) is 14.6. The van der Waals surface area contributed by atoms with Gasteiger partial charge in [0.15, 0.2) is 5.65 Å². The van der Waals surface area contributed by atoms with Gasteiger partial charge in [0, 0.05) is 17.6 Å². The van der Waals surface area contributed by atoms with Gasteiger partial charge in [0.1, 0.15) is 5.69 Å². The van der Waals surface area contributed by atoms with Crippen LogP contribution in [0.2, 0.25) is 0 Å². The zero-order chi connectivity index (χ0) is 20.7. The molecule has 1 atom stereocenters. The first kappa shape index (κ1) is 18.0. The lowest BCUT2D eigenvalue weighted by molar-refractivity contribution is 0.454. The predicted octanol–water partition coefficient (Wildman–Crippen LogP) is 0.0252. The van der Waals surface area contributed by atoms with E-state index in [1.54, 1.807) is 29.2 Å². The van der Waals surface area contributed by atoms with Crippen LogP contribution in [0.5, 0.6) is 5.88 Å². The molecule has 11 nitrogen and oxygen atoms in total. The average molecular weight is 405 g/mol. The Morgan fingerprint density at radius 3 is 2.80 bits per heavy atom. The molecule has 4 N–H and O–H groups in total. The molecule has 1 aliphatic rings. The Labute approximate surface area is 169 Å². The number of aromatic amines is 2. The molecule has 1 aliphatic carbocycles. The molecule has 0 aromatic carbocycles. The summed E-state index contributed by atoms with van der Waals surface area (Å²) < 4.78 is 1.56. The Morgan fingerprint density at radius 2 is 2.10 bits per heavy atom. The number of nitrogens with one attached hydrogen (secondary N) is 3. The number of aromatic nitrogens is 7. The van der Waals surface area contributed by atoms with Gasteiger partial charge in [-0.05, 0) is 43.5 Å². The van der Waals surface area contributed by atoms with Gasteiger partial charge >= 0.3 is 5.69 Å². The van der Waals surface area contributed by atoms with Crippen molar-refractivity contribution in [3.05, 3.63) is 63.3 Å². The molecular formula is C19H19N9O2. The van der Waals surface area contributed by atoms with Crippen LogP contribution in [-0.4, -0.2) is 45.7 Å². The van der Waals surface area contributed by atoms with Gasteiger partial charge in [-0.1, -0.05) is 0 Å². The summed E-state index contributed by atoms with van der Waals surface area (Å²) in [5, 5.41) is 18.1. The lowest BCUT2D eigenvalue weighted by Gasteiger charge is -2.13. The third kappa shape index (κ3) is 3.52. The fourth-order valence-corrected chi connectivity index (χ4v) is 3.07. The third-order valence-electron chi connectivity index (χ3n) is 4.81. The van der Waals surface area contributed by atoms with E-state index in [0.717, 1.165) is 18.4 Å². The van der Waals surface area contributed by atoms with E-state index < -0.39 is 5.69 Å². The molecule has 1 unspecified atom stereocenters. The second kappa shape index (κ2) is 7.10. The molecule has 0 amide bonds. The summed E-state index contributed by atoms with van der Waals surface area (Å²) in [6, 6.07) is 4.05. The van der Waals surface area contributed by atoms with E-state index in [1.807, 2.05) is 19.1 Å². The van der Waals surface area contributed by atoms with Crippen molar-refractivity contribution in [2.75, 3.05) is 5.32 Å². The second-order valence-corrected chi connectivity index (χ2v) is 7.18. The molecule has 0 saturated heterocycles. The maximum absolute atomic E-state index is 11.4. The van der Waals surface area contributed by atoms with Crippen molar-refractivity contribution in [3.8, 4) is 5.88 Å². The summed E-state index contributed by atoms with van der Waals surface area (Å²) in [6.07, 6.45) is 8.72. The van der Waals surface area contributed by atoms with Crippen molar-refractivity contribution in [3.63, 3.8) is 0 Å². The smallest absolute Gasteiger partial charge is 0.326 e. The number of hydrogen-bond acceptors (Lipinski definition) is 8. The molecule has 0 bridgehead atoms. The molecule has 4 aromatic heterocycles. The molecule has 30 heavy (non-hydrogen) atoms. The summed E-state index contributed by atoms with van der Waals surface area (Å²) in [6.45, 7) is 2.01. The van der Waals surface area contributed by atoms with Crippen LogP contribution in [0.15, 0.2) is 40.5 Å². The van der Waals surface area contributed by atoms with E-state index in [-0.39, 0.29) is 23.7 Å². The van der Waals surface area contributed by atoms with Crippen LogP contribution in [-0.2, 0) is 0 Å². The normalized spacial score (nSPS) is 16.3. The number of hydrogen-bond donors (Lipinski definition) is 4. The quantitative estimate of drug-likeness (QED) is 0.366. The molecule has 5 rings (SSSR count). The van der Waals surface area contributed by atoms with E-state index in [2.05, 4.69) is 40.3 Å². The number of rotatable bonds is 5. The fraction of sp³-hybridized carbons (Fsp3) is 0.263. The Morgan fingerprint density at radius 1 is 1.30 bits per heavy atom. The van der Waals surface area contributed by atoms with Crippen LogP contribution in [0.4, 0.5) is 5.95 Å². The van der Waals surface area contributed by atoms with Crippen molar-refractivity contribution in [2.24, 2.45) is 4.99 Å². The lowest BCUT2D eigenvalue weighted by Crippen LogP contribution is -2.25. The maximum atomic E-state index is 11.4. The summed E-state index contributed by atoms with van der Waals surface area (Å²) in [4.78, 5) is 34.1. The van der Waals surface area contributed by atoms with E-state index in [1.165, 1.54) is 0 Å². The van der Waals surface area contributed by atoms with Crippen LogP contribution in [0.3, 0.4) is 0 Å². The standard InChI is InChI=1S/C19H19N9O2/c1-10(11-4-6-20-7-5-11)22-17-25-15-12(8-14-16(29)26-19(30)24-14)9-21-28(15)18(27-17)23-13-2-3-13/h4-10,13,29H,2-3H2,1H3,(H,22,23,27)(H2,24,26,30). The van der Waals surface area contributed by atoms with Crippen molar-refractivity contribution in [2.45, 2.75) is 31.8 Å². The summed E-state index contributed by atoms with van der Waals surface area (Å²) in [7, 11) is 0. The molecule has 4 aromatic rings. The minimum Gasteiger partial charge on any atom is -0.493 e. The Balaban J connectivity index is 1.63. The van der Waals surface area contributed by atoms with Crippen LogP contribution in [0.25, 0.3) is 11.7 Å². The van der Waals surface area contributed by atoms with Gasteiger partial charge in [-0.3, -0.25) is 9.97 Å². The van der Waals surface area contributed by atoms with Crippen LogP contribution in [0, 0.1) is 0 Å². The van der Waals surface area contributed by atoms with Gasteiger partial charge in [-0.2, -0.15) is 19.6 Å². The van der Waals surface area contributed by atoms with E-state index in [0.29, 0.717) is 22.4 Å². The molecule has 1 fully saturated rings. The van der Waals surface area contributed by atoms with Crippen LogP contribution < -0.4 is 21.8 Å². The van der Waals surface area contributed by atoms with Crippen molar-refractivity contribution >= 4 is 17.7 Å². The Bertz CT molecular complexity index is 1380. The summed E-state index contributed by atoms with van der Waals surface area (Å²) >= 11 is 0. The number of pyridine rings is 1. The molecule has 0 radical (unpaired) electrons. The molecule has 1 saturated carbocycles. The number of fused-ring (bicyclic) bond motifs is 1. The van der Waals surface area contributed by atoms with E-state index >= 15 is 0 Å². The maximum Gasteiger partial charge on any atom is 0.326 e. The van der Waals surface area contributed by atoms with Crippen molar-refractivity contribution in [1.82, 2.24) is 34.5 Å². The zero-order valence-corrected chi connectivity index (χ0v) is 16.1. The number of aromatic hydroxyl groups is 1. The first-order valence-electron chi connectivity index (χ1n) is 9.56. The van der Waals surface area contributed by atoms with E-state index in [4.69, 9.17) is 0 Å². The van der Waals surface area contributed by atoms with Gasteiger partial charge in [0.05, 0.1) is 18.3 Å². The predicted molar refractivity (Wildman–Crippen MR) is 108 cm³/mol. The Kier molecular flexibility index (Phi) is 4.27. The highest BCUT2D eigenvalue weighted by molar-refractivity contribution is 5.57. The second-order valence-electron chi connectivity index (χ2n) is 7.18. The SMILES string of the molecule is CC(Nc1nc(=NC2CC2)n2ncc(=Cc3[nH]c(=O)[nH]c3O)c2n1)c1ccncc1. The highest BCUT2D eigenvalue weighted by atomic mass is 16.3. The van der Waals surface area contributed by atoms with E-state index in [9.17, 15) is 9.90 Å². The monoisotopic (exact) mass is 405 g/mol. The zero-order valence-electron chi connectivity index (χ0n) is 16.1. The first-order valence-corrected chi connectivity index (χ1v) is 9.56. The van der Waals surface area contributed by atoms with Crippen molar-refractivity contribution in [1.29, 1.82) is 0 Å². The van der Waals surface area contributed by atoms with Gasteiger partial charge in [0.25, 0.3) is 5.62 Å².